The molecule has 0 rings (SSSR count). The van der Waals surface area contributed by atoms with Gasteiger partial charge in [0, 0.05) is 6.54 Å². The summed E-state index contributed by atoms with van der Waals surface area (Å²) in [6, 6.07) is 0. The monoisotopic (exact) mass is 237 g/mol. The first kappa shape index (κ1) is 14.9. The van der Waals surface area contributed by atoms with Crippen LogP contribution in [0.2, 0.25) is 0 Å². The Morgan fingerprint density at radius 3 is 1.80 bits per heavy atom. The Labute approximate surface area is 93.1 Å². The molecule has 0 aromatic rings. The molecule has 92 valence electrons. The quantitative estimate of drug-likeness (QED) is 0.756. The van der Waals surface area contributed by atoms with Crippen LogP contribution in [0.5, 0.6) is 0 Å². The van der Waals surface area contributed by atoms with Crippen LogP contribution < -0.4 is 4.72 Å². The highest BCUT2D eigenvalue weighted by Gasteiger charge is 2.32. The van der Waals surface area contributed by atoms with Crippen LogP contribution in [0.4, 0.5) is 0 Å². The van der Waals surface area contributed by atoms with Crippen molar-refractivity contribution in [1.29, 1.82) is 0 Å². The molecular formula is C10H23NO3S. The number of rotatable bonds is 5. The van der Waals surface area contributed by atoms with Gasteiger partial charge in [0.15, 0.2) is 0 Å². The third-order valence-electron chi connectivity index (χ3n) is 2.71. The lowest BCUT2D eigenvalue weighted by Crippen LogP contribution is -2.47. The van der Waals surface area contributed by atoms with Gasteiger partial charge >= 0.3 is 0 Å². The third-order valence-corrected chi connectivity index (χ3v) is 4.85. The van der Waals surface area contributed by atoms with Gasteiger partial charge in [-0.05, 0) is 33.6 Å². The molecule has 0 atom stereocenters. The van der Waals surface area contributed by atoms with Crippen LogP contribution >= 0.6 is 0 Å². The summed E-state index contributed by atoms with van der Waals surface area (Å²) in [7, 11) is -3.36. The largest absolute Gasteiger partial charge is 0.389 e. The predicted molar refractivity (Wildman–Crippen MR) is 62.2 cm³/mol. The van der Waals surface area contributed by atoms with E-state index in [1.807, 2.05) is 13.8 Å². The van der Waals surface area contributed by atoms with Gasteiger partial charge in [-0.3, -0.25) is 0 Å². The van der Waals surface area contributed by atoms with Gasteiger partial charge in [-0.15, -0.1) is 0 Å². The summed E-state index contributed by atoms with van der Waals surface area (Å²) >= 11 is 0. The van der Waals surface area contributed by atoms with E-state index in [-0.39, 0.29) is 6.54 Å². The molecule has 0 aliphatic rings. The first-order chi connectivity index (χ1) is 6.58. The van der Waals surface area contributed by atoms with E-state index in [2.05, 4.69) is 4.72 Å². The van der Waals surface area contributed by atoms with Crippen molar-refractivity contribution in [3.05, 3.63) is 0 Å². The first-order valence-corrected chi connectivity index (χ1v) is 6.78. The number of hydrogen-bond donors (Lipinski definition) is 2. The molecule has 0 aliphatic carbocycles. The molecule has 0 heterocycles. The van der Waals surface area contributed by atoms with E-state index in [0.717, 1.165) is 0 Å². The normalized spacial score (nSPS) is 14.3. The van der Waals surface area contributed by atoms with Crippen molar-refractivity contribution < 1.29 is 13.5 Å². The van der Waals surface area contributed by atoms with Crippen molar-refractivity contribution in [2.24, 2.45) is 0 Å². The van der Waals surface area contributed by atoms with E-state index >= 15 is 0 Å². The summed E-state index contributed by atoms with van der Waals surface area (Å²) in [4.78, 5) is 0. The highest BCUT2D eigenvalue weighted by Crippen LogP contribution is 2.17. The second-order valence-electron chi connectivity index (χ2n) is 4.87. The lowest BCUT2D eigenvalue weighted by molar-refractivity contribution is 0.0376. The van der Waals surface area contributed by atoms with Gasteiger partial charge in [-0.1, -0.05) is 13.8 Å². The number of sulfonamides is 1. The Bertz CT molecular complexity index is 286. The van der Waals surface area contributed by atoms with Crippen molar-refractivity contribution in [2.75, 3.05) is 6.54 Å². The Morgan fingerprint density at radius 1 is 1.13 bits per heavy atom. The molecule has 4 nitrogen and oxygen atoms in total. The standard InChI is InChI=1S/C10H23NO3S/c1-6-10(12,7-2)8-11-15(13,14)9(3,4)5/h11-12H,6-8H2,1-5H3. The lowest BCUT2D eigenvalue weighted by Gasteiger charge is -2.28. The first-order valence-electron chi connectivity index (χ1n) is 5.29. The molecule has 0 amide bonds. The minimum Gasteiger partial charge on any atom is -0.389 e. The summed E-state index contributed by atoms with van der Waals surface area (Å²) in [5.74, 6) is 0. The van der Waals surface area contributed by atoms with Gasteiger partial charge in [-0.2, -0.15) is 0 Å². The number of nitrogens with one attached hydrogen (secondary N) is 1. The van der Waals surface area contributed by atoms with Crippen LogP contribution in [0.25, 0.3) is 0 Å². The van der Waals surface area contributed by atoms with Gasteiger partial charge in [0.1, 0.15) is 0 Å². The van der Waals surface area contributed by atoms with Crippen molar-refractivity contribution in [3.8, 4) is 0 Å². The molecule has 0 fully saturated rings. The maximum absolute atomic E-state index is 11.7. The van der Waals surface area contributed by atoms with Crippen molar-refractivity contribution in [2.45, 2.75) is 57.8 Å². The average molecular weight is 237 g/mol. The van der Waals surface area contributed by atoms with E-state index in [0.29, 0.717) is 12.8 Å². The summed E-state index contributed by atoms with van der Waals surface area (Å²) in [5, 5.41) is 9.93. The van der Waals surface area contributed by atoms with E-state index in [1.165, 1.54) is 0 Å². The zero-order chi connectivity index (χ0) is 12.3. The van der Waals surface area contributed by atoms with Crippen LogP contribution in [0.15, 0.2) is 0 Å². The smallest absolute Gasteiger partial charge is 0.216 e. The molecule has 0 bridgehead atoms. The highest BCUT2D eigenvalue weighted by atomic mass is 32.2. The Hall–Kier alpha value is -0.130. The topological polar surface area (TPSA) is 66.4 Å². The van der Waals surface area contributed by atoms with Gasteiger partial charge in [0.2, 0.25) is 10.0 Å². The molecule has 0 saturated heterocycles. The van der Waals surface area contributed by atoms with Gasteiger partial charge in [0.05, 0.1) is 10.3 Å². The second kappa shape index (κ2) is 4.80. The average Bonchev–Trinajstić information content (AvgIpc) is 2.13. The van der Waals surface area contributed by atoms with E-state index in [1.54, 1.807) is 20.8 Å². The predicted octanol–water partition coefficient (Wildman–Crippen LogP) is 1.26. The third kappa shape index (κ3) is 4.09. The lowest BCUT2D eigenvalue weighted by atomic mass is 9.98. The minimum atomic E-state index is -3.36. The molecule has 0 aromatic carbocycles. The Balaban J connectivity index is 4.53. The van der Waals surface area contributed by atoms with Crippen molar-refractivity contribution in [1.82, 2.24) is 4.72 Å². The molecule has 5 heteroatoms. The summed E-state index contributed by atoms with van der Waals surface area (Å²) in [6.45, 7) is 8.66. The van der Waals surface area contributed by atoms with E-state index in [4.69, 9.17) is 0 Å². The number of aliphatic hydroxyl groups is 1. The zero-order valence-corrected chi connectivity index (χ0v) is 11.1. The molecular weight excluding hydrogens is 214 g/mol. The van der Waals surface area contributed by atoms with E-state index in [9.17, 15) is 13.5 Å². The van der Waals surface area contributed by atoms with Crippen LogP contribution in [0.3, 0.4) is 0 Å². The molecule has 0 radical (unpaired) electrons. The fourth-order valence-corrected chi connectivity index (χ4v) is 1.84. The van der Waals surface area contributed by atoms with Crippen LogP contribution in [-0.4, -0.2) is 30.4 Å². The van der Waals surface area contributed by atoms with Crippen molar-refractivity contribution in [3.63, 3.8) is 0 Å². The molecule has 0 saturated carbocycles. The fraction of sp³-hybridized carbons (Fsp3) is 1.00. The van der Waals surface area contributed by atoms with Crippen LogP contribution in [-0.2, 0) is 10.0 Å². The Morgan fingerprint density at radius 2 is 1.53 bits per heavy atom. The summed E-state index contributed by atoms with van der Waals surface area (Å²) in [5.41, 5.74) is -0.932. The SMILES string of the molecule is CCC(O)(CC)CNS(=O)(=O)C(C)(C)C. The fourth-order valence-electron chi connectivity index (χ4n) is 0.946. The summed E-state index contributed by atoms with van der Waals surface area (Å²) in [6.07, 6.45) is 1.08. The minimum absolute atomic E-state index is 0.0829. The Kier molecular flexibility index (Phi) is 4.76. The van der Waals surface area contributed by atoms with Crippen LogP contribution in [0, 0.1) is 0 Å². The van der Waals surface area contributed by atoms with E-state index < -0.39 is 20.4 Å². The molecule has 15 heavy (non-hydrogen) atoms. The van der Waals surface area contributed by atoms with Crippen LogP contribution in [0.1, 0.15) is 47.5 Å². The maximum Gasteiger partial charge on any atom is 0.216 e. The number of hydrogen-bond acceptors (Lipinski definition) is 3. The molecule has 2 N–H and O–H groups in total. The molecule has 0 unspecified atom stereocenters. The molecule has 0 spiro atoms. The van der Waals surface area contributed by atoms with Gasteiger partial charge < -0.3 is 5.11 Å². The maximum atomic E-state index is 11.7. The van der Waals surface area contributed by atoms with Crippen molar-refractivity contribution >= 4 is 10.0 Å². The molecule has 0 aliphatic heterocycles. The second-order valence-corrected chi connectivity index (χ2v) is 7.39. The van der Waals surface area contributed by atoms with Gasteiger partial charge in [-0.25, -0.2) is 13.1 Å². The zero-order valence-electron chi connectivity index (χ0n) is 10.3. The summed E-state index contributed by atoms with van der Waals surface area (Å²) < 4.78 is 25.0. The highest BCUT2D eigenvalue weighted by molar-refractivity contribution is 7.90. The molecule has 0 aromatic heterocycles. The van der Waals surface area contributed by atoms with Gasteiger partial charge in [0.25, 0.3) is 0 Å².